The molecule has 1 rings (SSSR count). The number of nitrogens with zero attached hydrogens (tertiary/aromatic N) is 2. The number of aliphatic hydroxyl groups excluding tert-OH is 1. The van der Waals surface area contributed by atoms with Gasteiger partial charge in [-0.2, -0.15) is 11.8 Å². The zero-order valence-electron chi connectivity index (χ0n) is 11.4. The second-order valence-corrected chi connectivity index (χ2v) is 5.92. The SMILES string of the molecule is CSC(CO)C(C)NCCN1CCN(C)CC1. The van der Waals surface area contributed by atoms with E-state index in [0.29, 0.717) is 11.3 Å². The lowest BCUT2D eigenvalue weighted by Gasteiger charge is -2.33. The van der Waals surface area contributed by atoms with Crippen LogP contribution >= 0.6 is 11.8 Å². The van der Waals surface area contributed by atoms with E-state index in [1.165, 1.54) is 26.2 Å². The van der Waals surface area contributed by atoms with Crippen molar-refractivity contribution in [1.29, 1.82) is 0 Å². The molecule has 17 heavy (non-hydrogen) atoms. The molecule has 2 N–H and O–H groups in total. The van der Waals surface area contributed by atoms with Gasteiger partial charge in [0, 0.05) is 50.6 Å². The van der Waals surface area contributed by atoms with Crippen LogP contribution in [-0.2, 0) is 0 Å². The lowest BCUT2D eigenvalue weighted by Crippen LogP contribution is -2.48. The van der Waals surface area contributed by atoms with E-state index in [4.69, 9.17) is 0 Å². The van der Waals surface area contributed by atoms with Gasteiger partial charge in [0.05, 0.1) is 6.61 Å². The minimum Gasteiger partial charge on any atom is -0.395 e. The normalized spacial score (nSPS) is 22.6. The topological polar surface area (TPSA) is 38.7 Å². The van der Waals surface area contributed by atoms with Gasteiger partial charge >= 0.3 is 0 Å². The third-order valence-electron chi connectivity index (χ3n) is 3.53. The Morgan fingerprint density at radius 2 is 1.94 bits per heavy atom. The van der Waals surface area contributed by atoms with Gasteiger partial charge in [-0.1, -0.05) is 0 Å². The van der Waals surface area contributed by atoms with Gasteiger partial charge in [0.25, 0.3) is 0 Å². The Hall–Kier alpha value is 0.190. The van der Waals surface area contributed by atoms with E-state index in [2.05, 4.69) is 35.3 Å². The molecule has 0 aromatic rings. The minimum atomic E-state index is 0.254. The van der Waals surface area contributed by atoms with Crippen LogP contribution in [0.1, 0.15) is 6.92 Å². The highest BCUT2D eigenvalue weighted by Gasteiger charge is 2.16. The maximum atomic E-state index is 9.20. The van der Waals surface area contributed by atoms with E-state index in [9.17, 15) is 5.11 Å². The van der Waals surface area contributed by atoms with Crippen molar-refractivity contribution in [2.24, 2.45) is 0 Å². The second kappa shape index (κ2) is 8.32. The molecule has 2 atom stereocenters. The van der Waals surface area contributed by atoms with E-state index >= 15 is 0 Å². The summed E-state index contributed by atoms with van der Waals surface area (Å²) < 4.78 is 0. The molecule has 5 heteroatoms. The van der Waals surface area contributed by atoms with E-state index in [-0.39, 0.29) is 6.61 Å². The highest BCUT2D eigenvalue weighted by molar-refractivity contribution is 7.99. The van der Waals surface area contributed by atoms with Crippen LogP contribution in [0.25, 0.3) is 0 Å². The standard InChI is InChI=1S/C12H27N3OS/c1-11(12(10-16)17-3)13-4-5-15-8-6-14(2)7-9-15/h11-13,16H,4-10H2,1-3H3. The first kappa shape index (κ1) is 15.2. The molecule has 0 saturated carbocycles. The van der Waals surface area contributed by atoms with Crippen molar-refractivity contribution in [3.05, 3.63) is 0 Å². The Balaban J connectivity index is 2.10. The number of piperazine rings is 1. The average molecular weight is 261 g/mol. The lowest BCUT2D eigenvalue weighted by molar-refractivity contribution is 0.153. The van der Waals surface area contributed by atoms with Gasteiger partial charge < -0.3 is 15.3 Å². The van der Waals surface area contributed by atoms with Gasteiger partial charge in [0.15, 0.2) is 0 Å². The van der Waals surface area contributed by atoms with Crippen LogP contribution in [0.15, 0.2) is 0 Å². The summed E-state index contributed by atoms with van der Waals surface area (Å²) in [5.41, 5.74) is 0. The van der Waals surface area contributed by atoms with E-state index in [1.54, 1.807) is 11.8 Å². The van der Waals surface area contributed by atoms with Crippen molar-refractivity contribution in [2.75, 3.05) is 59.2 Å². The van der Waals surface area contributed by atoms with Crippen molar-refractivity contribution < 1.29 is 5.11 Å². The zero-order chi connectivity index (χ0) is 12.7. The first-order valence-corrected chi connectivity index (χ1v) is 7.74. The Bertz CT molecular complexity index is 194. The number of rotatable bonds is 7. The molecule has 102 valence electrons. The molecule has 0 radical (unpaired) electrons. The Morgan fingerprint density at radius 1 is 1.29 bits per heavy atom. The van der Waals surface area contributed by atoms with E-state index in [1.807, 2.05) is 0 Å². The summed E-state index contributed by atoms with van der Waals surface area (Å²) in [4.78, 5) is 4.88. The maximum Gasteiger partial charge on any atom is 0.0564 e. The van der Waals surface area contributed by atoms with Crippen LogP contribution in [0.2, 0.25) is 0 Å². The quantitative estimate of drug-likeness (QED) is 0.671. The molecule has 0 bridgehead atoms. The molecule has 1 fully saturated rings. The summed E-state index contributed by atoms with van der Waals surface area (Å²) in [6, 6.07) is 0.377. The summed E-state index contributed by atoms with van der Waals surface area (Å²) in [7, 11) is 2.18. The fourth-order valence-electron chi connectivity index (χ4n) is 2.09. The van der Waals surface area contributed by atoms with Gasteiger partial charge in [-0.3, -0.25) is 4.90 Å². The predicted octanol–water partition coefficient (Wildman–Crippen LogP) is -0.0642. The monoisotopic (exact) mass is 261 g/mol. The minimum absolute atomic E-state index is 0.254. The van der Waals surface area contributed by atoms with Crippen molar-refractivity contribution in [1.82, 2.24) is 15.1 Å². The van der Waals surface area contributed by atoms with E-state index < -0.39 is 0 Å². The first-order chi connectivity index (χ1) is 8.17. The third-order valence-corrected chi connectivity index (χ3v) is 4.69. The summed E-state index contributed by atoms with van der Waals surface area (Å²) in [5, 5.41) is 13.0. The molecule has 1 aliphatic rings. The molecule has 4 nitrogen and oxygen atoms in total. The highest BCUT2D eigenvalue weighted by atomic mass is 32.2. The molecule has 1 heterocycles. The predicted molar refractivity (Wildman–Crippen MR) is 75.8 cm³/mol. The molecule has 0 aliphatic carbocycles. The Labute approximate surface area is 110 Å². The van der Waals surface area contributed by atoms with Gasteiger partial charge in [-0.15, -0.1) is 0 Å². The van der Waals surface area contributed by atoms with Crippen LogP contribution in [0.4, 0.5) is 0 Å². The van der Waals surface area contributed by atoms with Gasteiger partial charge in [-0.05, 0) is 20.2 Å². The van der Waals surface area contributed by atoms with Gasteiger partial charge in [0.2, 0.25) is 0 Å². The molecule has 0 aromatic heterocycles. The van der Waals surface area contributed by atoms with Crippen molar-refractivity contribution >= 4 is 11.8 Å². The number of aliphatic hydroxyl groups is 1. The zero-order valence-corrected chi connectivity index (χ0v) is 12.2. The van der Waals surface area contributed by atoms with Crippen LogP contribution in [0.3, 0.4) is 0 Å². The van der Waals surface area contributed by atoms with Gasteiger partial charge in [0.1, 0.15) is 0 Å². The smallest absolute Gasteiger partial charge is 0.0564 e. The van der Waals surface area contributed by atoms with Crippen LogP contribution in [0.5, 0.6) is 0 Å². The largest absolute Gasteiger partial charge is 0.395 e. The molecule has 2 unspecified atom stereocenters. The van der Waals surface area contributed by atoms with Crippen molar-refractivity contribution in [3.8, 4) is 0 Å². The number of likely N-dealkylation sites (N-methyl/N-ethyl adjacent to an activating group) is 1. The fourth-order valence-corrected chi connectivity index (χ4v) is 2.74. The fraction of sp³-hybridized carbons (Fsp3) is 1.00. The highest BCUT2D eigenvalue weighted by Crippen LogP contribution is 2.09. The molecule has 1 aliphatic heterocycles. The Morgan fingerprint density at radius 3 is 2.47 bits per heavy atom. The third kappa shape index (κ3) is 5.57. The average Bonchev–Trinajstić information content (AvgIpc) is 2.33. The van der Waals surface area contributed by atoms with Crippen LogP contribution in [0, 0.1) is 0 Å². The number of nitrogens with one attached hydrogen (secondary N) is 1. The summed E-state index contributed by atoms with van der Waals surface area (Å²) in [6.45, 7) is 9.26. The number of thioether (sulfide) groups is 1. The van der Waals surface area contributed by atoms with Gasteiger partial charge in [-0.25, -0.2) is 0 Å². The molecule has 1 saturated heterocycles. The lowest BCUT2D eigenvalue weighted by atomic mass is 10.2. The summed E-state index contributed by atoms with van der Waals surface area (Å²) in [5.74, 6) is 0. The van der Waals surface area contributed by atoms with Crippen molar-refractivity contribution in [3.63, 3.8) is 0 Å². The van der Waals surface area contributed by atoms with Crippen LogP contribution < -0.4 is 5.32 Å². The first-order valence-electron chi connectivity index (χ1n) is 6.45. The molecular weight excluding hydrogens is 234 g/mol. The van der Waals surface area contributed by atoms with Crippen LogP contribution in [-0.4, -0.2) is 85.4 Å². The molecule has 0 spiro atoms. The second-order valence-electron chi connectivity index (χ2n) is 4.84. The maximum absolute atomic E-state index is 9.20. The van der Waals surface area contributed by atoms with Crippen molar-refractivity contribution in [2.45, 2.75) is 18.2 Å². The molecule has 0 amide bonds. The van der Waals surface area contributed by atoms with E-state index in [0.717, 1.165) is 13.1 Å². The molecule has 0 aromatic carbocycles. The number of hydrogen-bond acceptors (Lipinski definition) is 5. The molecular formula is C12H27N3OS. The number of hydrogen-bond donors (Lipinski definition) is 2. The Kier molecular flexibility index (Phi) is 7.46. The summed E-state index contributed by atoms with van der Waals surface area (Å²) in [6.07, 6.45) is 2.06. The summed E-state index contributed by atoms with van der Waals surface area (Å²) >= 11 is 1.73.